The number of ether oxygens (including phenoxy) is 7. The van der Waals surface area contributed by atoms with Crippen molar-refractivity contribution in [2.45, 2.75) is 57.8 Å². The van der Waals surface area contributed by atoms with Crippen molar-refractivity contribution in [2.75, 3.05) is 251 Å². The van der Waals surface area contributed by atoms with Gasteiger partial charge in [-0.2, -0.15) is 25.5 Å². The monoisotopic (exact) mass is 2050 g/mol. The number of nitrogens with zero attached hydrogens (tertiary/aromatic N) is 19. The van der Waals surface area contributed by atoms with Gasteiger partial charge >= 0.3 is 0 Å². The Kier molecular flexibility index (Phi) is 33.9. The molecule has 15 aromatic rings. The zero-order chi connectivity index (χ0) is 101. The van der Waals surface area contributed by atoms with Crippen LogP contribution >= 0.6 is 22.7 Å². The summed E-state index contributed by atoms with van der Waals surface area (Å²) >= 11 is 2.82. The number of hydrogen-bond acceptors (Lipinski definition) is 35. The van der Waals surface area contributed by atoms with Crippen LogP contribution in [0, 0.1) is 0 Å². The van der Waals surface area contributed by atoms with Gasteiger partial charge in [0.15, 0.2) is 11.5 Å². The van der Waals surface area contributed by atoms with E-state index in [0.29, 0.717) is 135 Å². The number of nitrogens with one attached hydrogen (secondary N) is 10. The summed E-state index contributed by atoms with van der Waals surface area (Å²) in [5.41, 5.74) is 14.3. The predicted molar refractivity (Wildman–Crippen MR) is 566 cm³/mol. The number of rotatable bonds is 25. The minimum Gasteiger partial charge on any atom is -0.495 e. The highest BCUT2D eigenvalue weighted by Crippen LogP contribution is 2.40. The molecule has 21 heterocycles. The van der Waals surface area contributed by atoms with Crippen molar-refractivity contribution in [1.82, 2.24) is 80.9 Å². The minimum absolute atomic E-state index is 0.213. The number of aromatic amines is 5. The summed E-state index contributed by atoms with van der Waals surface area (Å²) in [6.07, 6.45) is 33.0. The quantitative estimate of drug-likeness (QED) is 0.0254. The van der Waals surface area contributed by atoms with E-state index in [1.807, 2.05) is 48.5 Å². The molecule has 148 heavy (non-hydrogen) atoms. The third-order valence-corrected chi connectivity index (χ3v) is 27.8. The van der Waals surface area contributed by atoms with Gasteiger partial charge in [0.25, 0.3) is 29.5 Å². The number of carbonyl (C=O) groups excluding carboxylic acids is 5. The van der Waals surface area contributed by atoms with Gasteiger partial charge in [-0.25, -0.2) is 29.9 Å². The first-order valence-corrected chi connectivity index (χ1v) is 51.4. The molecule has 0 radical (unpaired) electrons. The van der Waals surface area contributed by atoms with E-state index in [9.17, 15) is 24.0 Å². The smallest absolute Gasteiger partial charge is 0.291 e. The van der Waals surface area contributed by atoms with Crippen LogP contribution < -0.4 is 75.3 Å². The van der Waals surface area contributed by atoms with Crippen LogP contribution in [0.2, 0.25) is 0 Å². The molecule has 0 atom stereocenters. The normalized spacial score (nSPS) is 15.9. The van der Waals surface area contributed by atoms with Gasteiger partial charge < -0.3 is 108 Å². The molecule has 8 saturated heterocycles. The number of amides is 5. The molecule has 8 aliphatic rings. The molecule has 0 unspecified atom stereocenters. The number of piperidine rings is 3. The Morgan fingerprint density at radius 2 is 0.635 bits per heavy atom. The maximum absolute atomic E-state index is 13.1. The number of H-pyrrole nitrogens is 5. The molecule has 13 aromatic heterocycles. The number of aromatic nitrogens is 16. The van der Waals surface area contributed by atoms with Gasteiger partial charge in [-0.05, 0) is 131 Å². The molecule has 0 saturated carbocycles. The van der Waals surface area contributed by atoms with Crippen LogP contribution in [0.3, 0.4) is 0 Å². The van der Waals surface area contributed by atoms with Gasteiger partial charge in [-0.1, -0.05) is 6.07 Å². The number of thiazole rings is 2. The summed E-state index contributed by atoms with van der Waals surface area (Å²) in [4.78, 5) is 110. The average molecular weight is 2050 g/mol. The Labute approximate surface area is 860 Å². The molecule has 23 rings (SSSR count). The Hall–Kier alpha value is -15.9. The van der Waals surface area contributed by atoms with E-state index in [2.05, 4.69) is 165 Å². The second kappa shape index (κ2) is 49.8. The van der Waals surface area contributed by atoms with Crippen LogP contribution in [-0.2, 0) is 23.7 Å². The zero-order valence-electron chi connectivity index (χ0n) is 82.2. The number of pyridine rings is 4. The van der Waals surface area contributed by atoms with Crippen molar-refractivity contribution in [1.29, 1.82) is 0 Å². The first-order valence-electron chi connectivity index (χ1n) is 49.7. The number of methoxy groups -OCH3 is 2. The molecule has 8 aliphatic heterocycles. The van der Waals surface area contributed by atoms with Crippen molar-refractivity contribution in [3.8, 4) is 66.5 Å². The molecule has 5 amide bonds. The van der Waals surface area contributed by atoms with Gasteiger partial charge in [0.1, 0.15) is 67.6 Å². The van der Waals surface area contributed by atoms with E-state index >= 15 is 0 Å². The topological polar surface area (TPSA) is 483 Å². The molecule has 43 nitrogen and oxygen atoms in total. The zero-order valence-corrected chi connectivity index (χ0v) is 83.8. The van der Waals surface area contributed by atoms with Crippen molar-refractivity contribution in [3.63, 3.8) is 0 Å². The SMILES string of the molecule is COc1ccc(N2CCOCC2)cc1NC(=O)c1ccc(-c2cn[nH]c2)o1.COc1ccc(N2CCOCC2)cc1NC(=O)c1csc(-c2cn[nH]c2)n1.O=C(Nc1cnc(N2CCOCC2)cc1N1CCCCC1)c1ccc(-c2cn[nH]c2)o1.O=C(Nc1cnc(N2CCOCC2)cc1N1CCCCC1)c1cccc(-c2cn[nH]c2)n1.O=C(Nc1cnc(N2CCOCC2)cc1N1CCCCC1)c1csc(-c2cn[nH]c2)n1. The number of furan rings is 2. The lowest BCUT2D eigenvalue weighted by Gasteiger charge is -2.33. The second-order valence-corrected chi connectivity index (χ2v) is 37.3. The first kappa shape index (κ1) is 101. The lowest BCUT2D eigenvalue weighted by Crippen LogP contribution is -2.37. The molecule has 8 fully saturated rings. The summed E-state index contributed by atoms with van der Waals surface area (Å²) in [7, 11) is 3.16. The van der Waals surface area contributed by atoms with Crippen LogP contribution in [-0.4, -0.2) is 295 Å². The average Bonchev–Trinajstić information content (AvgIpc) is 1.13. The maximum Gasteiger partial charge on any atom is 0.291 e. The Morgan fingerprint density at radius 1 is 0.311 bits per heavy atom. The van der Waals surface area contributed by atoms with E-state index in [0.717, 1.165) is 233 Å². The van der Waals surface area contributed by atoms with E-state index in [-0.39, 0.29) is 41.1 Å². The molecular weight excluding hydrogens is 1930 g/mol. The fourth-order valence-corrected chi connectivity index (χ4v) is 19.7. The summed E-state index contributed by atoms with van der Waals surface area (Å²) in [5, 5.41) is 53.3. The standard InChI is InChI=1S/C23H27N7O2.C22H26N6O3.C21H25N7O2S.C19H20N4O4.C18H19N5O3S/c31-23(19-6-4-5-18(27-19)17-14-25-26-15-17)28-20-16-24-22(30-9-11-32-12-10-30)13-21(20)29-7-2-1-3-8-29;29-22(20-5-4-19(31-20)16-13-24-25-14-16)26-17-15-23-21(28-8-10-30-11-9-28)12-18(17)27-6-2-1-3-7-27;29-20(17-14-31-21(26-17)15-11-23-24-12-15)25-16-13-22-19(28-6-8-30-9-7-28)10-18(16)27-4-2-1-3-5-27;1-25-17-3-2-14(23-6-8-26-9-7-23)10-15(17)22-19(24)18-5-4-16(27-18)13-11-20-21-12-13;1-25-16-3-2-13(23-4-6-26-7-5-23)8-14(16)21-17(24)15-11-27-18(22-15)12-9-19-20-10-12/h4-6,13-16H,1-3,7-12H2,(H,25,26)(H,28,31);4-5,12-15H,1-3,6-11H2,(H,24,25)(H,26,29);10-14H,1-9H2,(H,23,24)(H,25,29);2-5,10-12H,6-9H2,1H3,(H,20,21)(H,22,24);2-3,8-11H,4-7H2,1H3,(H,19,20)(H,21,24). The van der Waals surface area contributed by atoms with Crippen LogP contribution in [0.15, 0.2) is 197 Å². The van der Waals surface area contributed by atoms with Gasteiger partial charge in [0, 0.05) is 193 Å². The fraction of sp³-hybridized carbons (Fsp3) is 0.359. The van der Waals surface area contributed by atoms with Crippen LogP contribution in [0.25, 0.3) is 55.0 Å². The summed E-state index contributed by atoms with van der Waals surface area (Å²) < 4.78 is 49.4. The highest BCUT2D eigenvalue weighted by molar-refractivity contribution is 7.13. The lowest BCUT2D eigenvalue weighted by atomic mass is 10.1. The Morgan fingerprint density at radius 3 is 0.986 bits per heavy atom. The largest absolute Gasteiger partial charge is 0.495 e. The number of anilines is 13. The summed E-state index contributed by atoms with van der Waals surface area (Å²) in [6.45, 7) is 21.1. The molecule has 45 heteroatoms. The molecule has 2 aromatic carbocycles. The van der Waals surface area contributed by atoms with Crippen molar-refractivity contribution in [2.24, 2.45) is 0 Å². The maximum atomic E-state index is 13.1. The lowest BCUT2D eigenvalue weighted by molar-refractivity contribution is 0.0990. The van der Waals surface area contributed by atoms with E-state index < -0.39 is 0 Å². The Balaban J connectivity index is 0.000000117. The molecule has 0 bridgehead atoms. The number of benzene rings is 2. The molecule has 0 spiro atoms. The van der Waals surface area contributed by atoms with Gasteiger partial charge in [0.05, 0.1) is 192 Å². The molecule has 0 aliphatic carbocycles. The Bertz CT molecular complexity index is 6490. The van der Waals surface area contributed by atoms with E-state index in [4.69, 9.17) is 42.0 Å². The van der Waals surface area contributed by atoms with Crippen molar-refractivity contribution in [3.05, 3.63) is 217 Å². The van der Waals surface area contributed by atoms with E-state index in [1.54, 1.807) is 136 Å². The number of morpholine rings is 5. The third kappa shape index (κ3) is 25.7. The summed E-state index contributed by atoms with van der Waals surface area (Å²) in [6, 6.07) is 30.0. The predicted octanol–water partition coefficient (Wildman–Crippen LogP) is 14.5. The number of carbonyl (C=O) groups is 5. The summed E-state index contributed by atoms with van der Waals surface area (Å²) in [5.74, 6) is 4.18. The third-order valence-electron chi connectivity index (χ3n) is 26.0. The highest BCUT2D eigenvalue weighted by Gasteiger charge is 2.30. The van der Waals surface area contributed by atoms with Gasteiger partial charge in [-0.15, -0.1) is 22.7 Å². The van der Waals surface area contributed by atoms with Crippen molar-refractivity contribution >= 4 is 127 Å². The molecule has 770 valence electrons. The second-order valence-electron chi connectivity index (χ2n) is 35.6. The van der Waals surface area contributed by atoms with E-state index in [1.165, 1.54) is 41.9 Å². The van der Waals surface area contributed by atoms with Gasteiger partial charge in [0.2, 0.25) is 0 Å². The number of hydrogen-bond donors (Lipinski definition) is 10. The first-order chi connectivity index (χ1) is 72.8. The van der Waals surface area contributed by atoms with Crippen LogP contribution in [0.1, 0.15) is 110 Å². The van der Waals surface area contributed by atoms with Crippen LogP contribution in [0.5, 0.6) is 11.5 Å². The minimum atomic E-state index is -0.345. The molecular formula is C103H117N29O14S2. The highest BCUT2D eigenvalue weighted by atomic mass is 32.1. The van der Waals surface area contributed by atoms with Crippen LogP contribution in [0.4, 0.5) is 74.3 Å². The fourth-order valence-electron chi connectivity index (χ4n) is 18.1. The van der Waals surface area contributed by atoms with Crippen molar-refractivity contribution < 1.29 is 66.0 Å². The molecule has 10 N–H and O–H groups in total. The van der Waals surface area contributed by atoms with Gasteiger partial charge in [-0.3, -0.25) is 49.5 Å².